The van der Waals surface area contributed by atoms with Gasteiger partial charge in [0.25, 0.3) is 5.69 Å². The molecule has 0 N–H and O–H groups in total. The molecular weight excluding hydrogens is 478 g/mol. The highest BCUT2D eigenvalue weighted by Gasteiger charge is 2.19. The number of anilines is 1. The van der Waals surface area contributed by atoms with E-state index in [1.807, 2.05) is 0 Å². The van der Waals surface area contributed by atoms with Crippen molar-refractivity contribution in [1.82, 2.24) is 4.90 Å². The minimum atomic E-state index is -0.534. The van der Waals surface area contributed by atoms with E-state index in [4.69, 9.17) is 9.47 Å². The molecule has 9 heteroatoms. The molecule has 8 nitrogen and oxygen atoms in total. The number of ether oxygens (including phenoxy) is 2. The molecule has 1 saturated heterocycles. The van der Waals surface area contributed by atoms with E-state index < -0.39 is 10.9 Å². The van der Waals surface area contributed by atoms with Crippen molar-refractivity contribution < 1.29 is 19.2 Å². The molecule has 0 saturated carbocycles. The van der Waals surface area contributed by atoms with Crippen molar-refractivity contribution in [2.45, 2.75) is 19.8 Å². The number of hydrogen-bond acceptors (Lipinski definition) is 8. The monoisotopic (exact) mass is 509 g/mol. The summed E-state index contributed by atoms with van der Waals surface area (Å²) in [6.45, 7) is 7.57. The average molecular weight is 510 g/mol. The van der Waals surface area contributed by atoms with Gasteiger partial charge in [0.2, 0.25) is 0 Å². The van der Waals surface area contributed by atoms with Gasteiger partial charge in [0.05, 0.1) is 29.8 Å². The van der Waals surface area contributed by atoms with Gasteiger partial charge in [0, 0.05) is 48.0 Å². The van der Waals surface area contributed by atoms with Crippen molar-refractivity contribution in [2.24, 2.45) is 0 Å². The summed E-state index contributed by atoms with van der Waals surface area (Å²) in [5.74, 6) is -0.0837. The molecule has 3 aromatic rings. The number of piperazine rings is 1. The van der Waals surface area contributed by atoms with Gasteiger partial charge in [-0.15, -0.1) is 11.3 Å². The molecule has 1 fully saturated rings. The van der Waals surface area contributed by atoms with Crippen molar-refractivity contribution in [2.75, 3.05) is 50.8 Å². The number of carbonyl (C=O) groups is 1. The number of nitrogens with zero attached hydrogens (tertiary/aromatic N) is 3. The lowest BCUT2D eigenvalue weighted by atomic mass is 10.1. The third kappa shape index (κ3) is 6.61. The van der Waals surface area contributed by atoms with Crippen LogP contribution < -0.4 is 9.64 Å². The van der Waals surface area contributed by atoms with Crippen LogP contribution in [0.3, 0.4) is 0 Å². The largest absolute Gasteiger partial charge is 0.493 e. The first kappa shape index (κ1) is 25.7. The van der Waals surface area contributed by atoms with Crippen molar-refractivity contribution in [3.63, 3.8) is 0 Å². The maximum absolute atomic E-state index is 11.5. The third-order valence-corrected chi connectivity index (χ3v) is 7.09. The van der Waals surface area contributed by atoms with E-state index in [0.717, 1.165) is 45.6 Å². The second kappa shape index (κ2) is 12.5. The van der Waals surface area contributed by atoms with Crippen LogP contribution in [0.25, 0.3) is 16.2 Å². The molecule has 2 aromatic carbocycles. The SMILES string of the molecule is CCOC(=O)/C=C\c1ccc(OCCCCN2CCN(c3cccc4sccc34)CC2)cc1[N+](=O)[O-]. The van der Waals surface area contributed by atoms with Gasteiger partial charge in [-0.05, 0) is 68.1 Å². The Balaban J connectivity index is 1.19. The molecule has 190 valence electrons. The standard InChI is InChI=1S/C27H31N3O5S/c1-2-34-27(31)11-9-21-8-10-22(20-25(21)30(32)33)35-18-4-3-13-28-14-16-29(17-15-28)24-6-5-7-26-23(24)12-19-36-26/h5-12,19-20H,2-4,13-18H2,1H3/b11-9-. The molecule has 0 unspecified atom stereocenters. The summed E-state index contributed by atoms with van der Waals surface area (Å²) < 4.78 is 11.9. The van der Waals surface area contributed by atoms with Crippen molar-refractivity contribution in [3.05, 3.63) is 69.6 Å². The molecule has 0 amide bonds. The van der Waals surface area contributed by atoms with E-state index in [0.29, 0.717) is 17.9 Å². The van der Waals surface area contributed by atoms with Gasteiger partial charge in [-0.25, -0.2) is 4.79 Å². The molecule has 1 aromatic heterocycles. The molecule has 0 atom stereocenters. The number of rotatable bonds is 11. The minimum absolute atomic E-state index is 0.107. The van der Waals surface area contributed by atoms with E-state index in [-0.39, 0.29) is 12.3 Å². The molecule has 36 heavy (non-hydrogen) atoms. The van der Waals surface area contributed by atoms with Crippen LogP contribution in [0.2, 0.25) is 0 Å². The number of hydrogen-bond donors (Lipinski definition) is 0. The fourth-order valence-corrected chi connectivity index (χ4v) is 5.16. The Hall–Kier alpha value is -3.43. The topological polar surface area (TPSA) is 85.2 Å². The van der Waals surface area contributed by atoms with Crippen LogP contribution >= 0.6 is 11.3 Å². The molecule has 4 rings (SSSR count). The zero-order valence-corrected chi connectivity index (χ0v) is 21.2. The summed E-state index contributed by atoms with van der Waals surface area (Å²) in [6.07, 6.45) is 4.45. The Labute approximate surface area is 214 Å². The summed E-state index contributed by atoms with van der Waals surface area (Å²) in [7, 11) is 0. The zero-order chi connectivity index (χ0) is 25.3. The molecule has 0 bridgehead atoms. The van der Waals surface area contributed by atoms with Gasteiger partial charge in [0.15, 0.2) is 0 Å². The summed E-state index contributed by atoms with van der Waals surface area (Å²) >= 11 is 1.79. The highest BCUT2D eigenvalue weighted by molar-refractivity contribution is 7.17. The highest BCUT2D eigenvalue weighted by atomic mass is 32.1. The zero-order valence-electron chi connectivity index (χ0n) is 20.4. The molecule has 2 heterocycles. The first-order chi connectivity index (χ1) is 17.5. The van der Waals surface area contributed by atoms with Crippen LogP contribution in [0.5, 0.6) is 5.75 Å². The first-order valence-corrected chi connectivity index (χ1v) is 13.1. The number of nitro benzene ring substituents is 1. The van der Waals surface area contributed by atoms with Crippen LogP contribution in [0.15, 0.2) is 53.9 Å². The van der Waals surface area contributed by atoms with Gasteiger partial charge in [0.1, 0.15) is 5.75 Å². The molecular formula is C27H31N3O5S. The Morgan fingerprint density at radius 1 is 1.14 bits per heavy atom. The summed E-state index contributed by atoms with van der Waals surface area (Å²) in [5, 5.41) is 15.0. The Morgan fingerprint density at radius 3 is 2.75 bits per heavy atom. The number of esters is 1. The van der Waals surface area contributed by atoms with Gasteiger partial charge >= 0.3 is 5.97 Å². The number of unbranched alkanes of at least 4 members (excludes halogenated alkanes) is 1. The molecule has 1 aliphatic heterocycles. The third-order valence-electron chi connectivity index (χ3n) is 6.21. The van der Waals surface area contributed by atoms with Gasteiger partial charge in [-0.2, -0.15) is 0 Å². The molecule has 0 spiro atoms. The number of carbonyl (C=O) groups excluding carboxylic acids is 1. The fraction of sp³-hybridized carbons (Fsp3) is 0.370. The lowest BCUT2D eigenvalue weighted by Crippen LogP contribution is -2.46. The smallest absolute Gasteiger partial charge is 0.330 e. The van der Waals surface area contributed by atoms with Crippen molar-refractivity contribution >= 4 is 44.8 Å². The van der Waals surface area contributed by atoms with Crippen LogP contribution in [0, 0.1) is 10.1 Å². The predicted octanol–water partition coefficient (Wildman–Crippen LogP) is 5.37. The lowest BCUT2D eigenvalue weighted by Gasteiger charge is -2.36. The quantitative estimate of drug-likeness (QED) is 0.113. The van der Waals surface area contributed by atoms with E-state index in [1.54, 1.807) is 30.4 Å². The predicted molar refractivity (Wildman–Crippen MR) is 144 cm³/mol. The van der Waals surface area contributed by atoms with E-state index >= 15 is 0 Å². The normalized spacial score (nSPS) is 14.4. The van der Waals surface area contributed by atoms with Gasteiger partial charge < -0.3 is 14.4 Å². The minimum Gasteiger partial charge on any atom is -0.493 e. The summed E-state index contributed by atoms with van der Waals surface area (Å²) in [6, 6.07) is 13.4. The summed E-state index contributed by atoms with van der Waals surface area (Å²) in [4.78, 5) is 27.4. The lowest BCUT2D eigenvalue weighted by molar-refractivity contribution is -0.385. The van der Waals surface area contributed by atoms with Crippen LogP contribution in [0.1, 0.15) is 25.3 Å². The maximum Gasteiger partial charge on any atom is 0.330 e. The molecule has 0 radical (unpaired) electrons. The second-order valence-electron chi connectivity index (χ2n) is 8.56. The first-order valence-electron chi connectivity index (χ1n) is 12.2. The van der Waals surface area contributed by atoms with E-state index in [2.05, 4.69) is 39.4 Å². The molecule has 1 aliphatic rings. The van der Waals surface area contributed by atoms with Gasteiger partial charge in [-0.3, -0.25) is 15.0 Å². The van der Waals surface area contributed by atoms with Crippen molar-refractivity contribution in [3.8, 4) is 5.75 Å². The van der Waals surface area contributed by atoms with Crippen molar-refractivity contribution in [1.29, 1.82) is 0 Å². The fourth-order valence-electron chi connectivity index (χ4n) is 4.35. The van der Waals surface area contributed by atoms with E-state index in [9.17, 15) is 14.9 Å². The number of fused-ring (bicyclic) bond motifs is 1. The maximum atomic E-state index is 11.5. The Bertz CT molecular complexity index is 1220. The highest BCUT2D eigenvalue weighted by Crippen LogP contribution is 2.31. The van der Waals surface area contributed by atoms with Crippen LogP contribution in [-0.4, -0.2) is 61.7 Å². The van der Waals surface area contributed by atoms with E-state index in [1.165, 1.54) is 34.0 Å². The number of nitro groups is 1. The molecule has 0 aliphatic carbocycles. The Kier molecular flexibility index (Phi) is 8.91. The number of benzene rings is 2. The van der Waals surface area contributed by atoms with Crippen LogP contribution in [-0.2, 0) is 9.53 Å². The summed E-state index contributed by atoms with van der Waals surface area (Å²) in [5.41, 5.74) is 1.55. The Morgan fingerprint density at radius 2 is 1.97 bits per heavy atom. The number of thiophene rings is 1. The second-order valence-corrected chi connectivity index (χ2v) is 9.50. The van der Waals surface area contributed by atoms with Crippen LogP contribution in [0.4, 0.5) is 11.4 Å². The van der Waals surface area contributed by atoms with Gasteiger partial charge in [-0.1, -0.05) is 6.07 Å². The average Bonchev–Trinajstić information content (AvgIpc) is 3.37.